The van der Waals surface area contributed by atoms with Crippen LogP contribution in [0.5, 0.6) is 0 Å². The molecule has 0 aliphatic carbocycles. The number of anilines is 2. The van der Waals surface area contributed by atoms with Crippen molar-refractivity contribution in [3.05, 3.63) is 52.6 Å². The van der Waals surface area contributed by atoms with Crippen molar-refractivity contribution in [3.63, 3.8) is 0 Å². The van der Waals surface area contributed by atoms with Gasteiger partial charge in [0.1, 0.15) is 17.0 Å². The van der Waals surface area contributed by atoms with E-state index < -0.39 is 0 Å². The maximum Gasteiger partial charge on any atom is 0.188 e. The fourth-order valence-electron chi connectivity index (χ4n) is 2.74. The molecule has 1 aromatic carbocycles. The van der Waals surface area contributed by atoms with Crippen LogP contribution in [0.1, 0.15) is 30.2 Å². The highest BCUT2D eigenvalue weighted by atomic mass is 32.1. The molecule has 1 N–H and O–H groups in total. The first-order valence-electron chi connectivity index (χ1n) is 8.14. The van der Waals surface area contributed by atoms with Gasteiger partial charge < -0.3 is 5.32 Å². The van der Waals surface area contributed by atoms with Gasteiger partial charge in [0, 0.05) is 22.0 Å². The Hall–Kier alpha value is -2.31. The fraction of sp³-hybridized carbons (Fsp3) is 0.211. The molecule has 0 bridgehead atoms. The summed E-state index contributed by atoms with van der Waals surface area (Å²) in [7, 11) is 0. The third-order valence-electron chi connectivity index (χ3n) is 4.11. The lowest BCUT2D eigenvalue weighted by molar-refractivity contribution is 0.867. The molecule has 0 fully saturated rings. The van der Waals surface area contributed by atoms with Crippen LogP contribution in [0, 0.1) is 6.92 Å². The van der Waals surface area contributed by atoms with Crippen LogP contribution in [0.3, 0.4) is 0 Å². The molecule has 0 unspecified atom stereocenters. The van der Waals surface area contributed by atoms with E-state index in [0.717, 1.165) is 26.7 Å². The number of benzene rings is 1. The van der Waals surface area contributed by atoms with Crippen LogP contribution in [0.2, 0.25) is 0 Å². The van der Waals surface area contributed by atoms with Gasteiger partial charge in [-0.3, -0.25) is 0 Å². The summed E-state index contributed by atoms with van der Waals surface area (Å²) < 4.78 is 0. The van der Waals surface area contributed by atoms with Crippen LogP contribution in [-0.4, -0.2) is 15.0 Å². The first-order chi connectivity index (χ1) is 12.1. The van der Waals surface area contributed by atoms with Crippen molar-refractivity contribution in [2.24, 2.45) is 0 Å². The number of aryl methyl sites for hydroxylation is 1. The van der Waals surface area contributed by atoms with Crippen molar-refractivity contribution in [2.45, 2.75) is 26.7 Å². The van der Waals surface area contributed by atoms with Crippen LogP contribution < -0.4 is 5.32 Å². The molecule has 3 aromatic heterocycles. The molecule has 6 heteroatoms. The van der Waals surface area contributed by atoms with Crippen LogP contribution in [0.4, 0.5) is 10.9 Å². The quantitative estimate of drug-likeness (QED) is 0.482. The van der Waals surface area contributed by atoms with Crippen LogP contribution in [0.15, 0.2) is 42.2 Å². The smallest absolute Gasteiger partial charge is 0.188 e. The highest BCUT2D eigenvalue weighted by molar-refractivity contribution is 7.17. The minimum absolute atomic E-state index is 0.530. The van der Waals surface area contributed by atoms with E-state index in [1.54, 1.807) is 29.0 Å². The largest absolute Gasteiger partial charge is 0.316 e. The van der Waals surface area contributed by atoms with Crippen molar-refractivity contribution >= 4 is 43.8 Å². The Labute approximate surface area is 154 Å². The third-order valence-corrected chi connectivity index (χ3v) is 5.82. The Morgan fingerprint density at radius 1 is 1.04 bits per heavy atom. The van der Waals surface area contributed by atoms with Gasteiger partial charge in [-0.15, -0.1) is 22.7 Å². The Bertz CT molecular complexity index is 1020. The van der Waals surface area contributed by atoms with Crippen molar-refractivity contribution in [1.82, 2.24) is 15.0 Å². The zero-order valence-electron chi connectivity index (χ0n) is 14.3. The lowest BCUT2D eigenvalue weighted by Gasteiger charge is -2.08. The molecule has 0 radical (unpaired) electrons. The van der Waals surface area contributed by atoms with Gasteiger partial charge in [0.2, 0.25) is 0 Å². The fourth-order valence-corrected chi connectivity index (χ4v) is 4.32. The Morgan fingerprint density at radius 2 is 1.84 bits per heavy atom. The number of fused-ring (bicyclic) bond motifs is 1. The molecule has 126 valence electrons. The average molecular weight is 367 g/mol. The molecule has 4 aromatic rings. The minimum Gasteiger partial charge on any atom is -0.316 e. The van der Waals surface area contributed by atoms with Crippen molar-refractivity contribution < 1.29 is 0 Å². The summed E-state index contributed by atoms with van der Waals surface area (Å²) in [6.07, 6.45) is 3.47. The Kier molecular flexibility index (Phi) is 4.23. The normalized spacial score (nSPS) is 11.4. The third kappa shape index (κ3) is 3.15. The maximum atomic E-state index is 4.47. The summed E-state index contributed by atoms with van der Waals surface area (Å²) in [6.45, 7) is 6.46. The van der Waals surface area contributed by atoms with Crippen LogP contribution in [0.25, 0.3) is 21.3 Å². The first kappa shape index (κ1) is 16.2. The van der Waals surface area contributed by atoms with Gasteiger partial charge in [-0.1, -0.05) is 38.1 Å². The lowest BCUT2D eigenvalue weighted by Crippen LogP contribution is -1.95. The molecule has 0 atom stereocenters. The molecule has 25 heavy (non-hydrogen) atoms. The standard InChI is InChI=1S/C19H18N4S2/c1-11(2)13-4-6-14(7-5-13)15-9-24-18-16(15)17(21-10-22-18)23-19-20-8-12(3)25-19/h4-11H,1-3H3,(H,20,21,22,23). The molecule has 0 amide bonds. The Balaban J connectivity index is 1.79. The monoisotopic (exact) mass is 366 g/mol. The van der Waals surface area contributed by atoms with E-state index in [9.17, 15) is 0 Å². The number of nitrogens with zero attached hydrogens (tertiary/aromatic N) is 3. The zero-order valence-corrected chi connectivity index (χ0v) is 15.9. The number of hydrogen-bond acceptors (Lipinski definition) is 6. The molecule has 0 aliphatic heterocycles. The second kappa shape index (κ2) is 6.54. The summed E-state index contributed by atoms with van der Waals surface area (Å²) in [6, 6.07) is 8.76. The maximum absolute atomic E-state index is 4.47. The second-order valence-corrected chi connectivity index (χ2v) is 8.32. The van der Waals surface area contributed by atoms with Gasteiger partial charge in [-0.05, 0) is 24.0 Å². The van der Waals surface area contributed by atoms with Crippen molar-refractivity contribution in [2.75, 3.05) is 5.32 Å². The van der Waals surface area contributed by atoms with Gasteiger partial charge in [0.05, 0.1) is 5.39 Å². The van der Waals surface area contributed by atoms with E-state index in [2.05, 4.69) is 63.8 Å². The number of aromatic nitrogens is 3. The van der Waals surface area contributed by atoms with Gasteiger partial charge in [0.25, 0.3) is 0 Å². The summed E-state index contributed by atoms with van der Waals surface area (Å²) >= 11 is 3.26. The molecular formula is C19H18N4S2. The second-order valence-electron chi connectivity index (χ2n) is 6.23. The molecule has 0 aliphatic rings. The van der Waals surface area contributed by atoms with Crippen LogP contribution in [-0.2, 0) is 0 Å². The highest BCUT2D eigenvalue weighted by Crippen LogP contribution is 2.38. The van der Waals surface area contributed by atoms with Crippen molar-refractivity contribution in [3.8, 4) is 11.1 Å². The van der Waals surface area contributed by atoms with E-state index in [-0.39, 0.29) is 0 Å². The molecule has 4 rings (SSSR count). The van der Waals surface area contributed by atoms with E-state index in [1.165, 1.54) is 16.0 Å². The summed E-state index contributed by atoms with van der Waals surface area (Å²) in [5.41, 5.74) is 3.69. The summed E-state index contributed by atoms with van der Waals surface area (Å²) in [5.74, 6) is 1.34. The summed E-state index contributed by atoms with van der Waals surface area (Å²) in [5, 5.41) is 7.42. The highest BCUT2D eigenvalue weighted by Gasteiger charge is 2.14. The molecule has 0 spiro atoms. The number of hydrogen-bond donors (Lipinski definition) is 1. The van der Waals surface area contributed by atoms with E-state index in [4.69, 9.17) is 0 Å². The molecule has 4 nitrogen and oxygen atoms in total. The van der Waals surface area contributed by atoms with Gasteiger partial charge in [-0.25, -0.2) is 15.0 Å². The average Bonchev–Trinajstić information content (AvgIpc) is 3.22. The number of nitrogens with one attached hydrogen (secondary N) is 1. The first-order valence-corrected chi connectivity index (χ1v) is 9.83. The number of thiazole rings is 1. The predicted molar refractivity (Wildman–Crippen MR) is 107 cm³/mol. The number of rotatable bonds is 4. The molecule has 3 heterocycles. The summed E-state index contributed by atoms with van der Waals surface area (Å²) in [4.78, 5) is 15.4. The van der Waals surface area contributed by atoms with E-state index >= 15 is 0 Å². The van der Waals surface area contributed by atoms with Crippen molar-refractivity contribution in [1.29, 1.82) is 0 Å². The lowest BCUT2D eigenvalue weighted by atomic mass is 9.99. The van der Waals surface area contributed by atoms with E-state index in [1.807, 2.05) is 13.1 Å². The molecule has 0 saturated heterocycles. The topological polar surface area (TPSA) is 50.7 Å². The molecular weight excluding hydrogens is 348 g/mol. The van der Waals surface area contributed by atoms with Gasteiger partial charge in [0.15, 0.2) is 5.13 Å². The van der Waals surface area contributed by atoms with Gasteiger partial charge in [-0.2, -0.15) is 0 Å². The minimum atomic E-state index is 0.530. The Morgan fingerprint density at radius 3 is 2.52 bits per heavy atom. The SMILES string of the molecule is Cc1cnc(Nc2ncnc3scc(-c4ccc(C(C)C)cc4)c23)s1. The van der Waals surface area contributed by atoms with Crippen LogP contribution >= 0.6 is 22.7 Å². The predicted octanol–water partition coefficient (Wildman–Crippen LogP) is 5.99. The van der Waals surface area contributed by atoms with E-state index in [0.29, 0.717) is 5.92 Å². The zero-order chi connectivity index (χ0) is 17.4. The molecule has 0 saturated carbocycles. The number of thiophene rings is 1. The van der Waals surface area contributed by atoms with Gasteiger partial charge >= 0.3 is 0 Å².